The molecule has 9 nitrogen and oxygen atoms in total. The quantitative estimate of drug-likeness (QED) is 0.513. The second kappa shape index (κ2) is 11.0. The van der Waals surface area contributed by atoms with E-state index in [4.69, 9.17) is 9.72 Å². The maximum Gasteiger partial charge on any atom is 0.320 e. The van der Waals surface area contributed by atoms with E-state index in [1.54, 1.807) is 24.0 Å². The molecule has 0 saturated carbocycles. The number of anilines is 1. The lowest BCUT2D eigenvalue weighted by atomic mass is 10.2. The number of piperazine rings is 1. The summed E-state index contributed by atoms with van der Waals surface area (Å²) >= 11 is 1.52. The summed E-state index contributed by atoms with van der Waals surface area (Å²) in [6, 6.07) is 6.33. The molecule has 38 heavy (non-hydrogen) atoms. The van der Waals surface area contributed by atoms with Crippen LogP contribution in [0.5, 0.6) is 0 Å². The van der Waals surface area contributed by atoms with Crippen molar-refractivity contribution in [1.29, 1.82) is 0 Å². The number of halogens is 1. The summed E-state index contributed by atoms with van der Waals surface area (Å²) in [4.78, 5) is 37.4. The Morgan fingerprint density at radius 3 is 2.76 bits per heavy atom. The number of rotatable bonds is 8. The summed E-state index contributed by atoms with van der Waals surface area (Å²) in [5, 5.41) is 6.34. The molecule has 2 aromatic rings. The Kier molecular flexibility index (Phi) is 7.48. The summed E-state index contributed by atoms with van der Waals surface area (Å²) in [5.41, 5.74) is 3.53. The average Bonchev–Trinajstić information content (AvgIpc) is 3.54. The van der Waals surface area contributed by atoms with Crippen molar-refractivity contribution < 1.29 is 18.7 Å². The number of ether oxygens (including phenoxy) is 1. The third-order valence-electron chi connectivity index (χ3n) is 6.72. The second-order valence-electron chi connectivity index (χ2n) is 9.21. The first-order valence-corrected chi connectivity index (χ1v) is 13.6. The zero-order chi connectivity index (χ0) is 26.8. The smallest absolute Gasteiger partial charge is 0.320 e. The predicted octanol–water partition coefficient (Wildman–Crippen LogP) is 3.31. The minimum absolute atomic E-state index is 0.0551. The third kappa shape index (κ3) is 5.16. The summed E-state index contributed by atoms with van der Waals surface area (Å²) < 4.78 is 18.4. The highest BCUT2D eigenvalue weighted by molar-refractivity contribution is 7.14. The van der Waals surface area contributed by atoms with Crippen LogP contribution in [0.3, 0.4) is 0 Å². The molecule has 1 amide bonds. The van der Waals surface area contributed by atoms with Gasteiger partial charge in [0.1, 0.15) is 17.8 Å². The molecule has 1 unspecified atom stereocenters. The zero-order valence-electron chi connectivity index (χ0n) is 21.7. The fraction of sp³-hybridized carbons (Fsp3) is 0.370. The SMILES string of the molecule is CCOC(=O)CN1CCN(C2=CN3C(N(C)c4nc(-c5ccc(F)cc5)cs4)=C(CC)NC3C=C2)C(=O)C1. The number of carbonyl (C=O) groups is 2. The Morgan fingerprint density at radius 2 is 2.05 bits per heavy atom. The van der Waals surface area contributed by atoms with Gasteiger partial charge in [-0.3, -0.25) is 14.5 Å². The highest BCUT2D eigenvalue weighted by Crippen LogP contribution is 2.35. The monoisotopic (exact) mass is 538 g/mol. The van der Waals surface area contributed by atoms with E-state index in [1.165, 1.54) is 23.5 Å². The first-order valence-electron chi connectivity index (χ1n) is 12.7. The van der Waals surface area contributed by atoms with E-state index in [9.17, 15) is 14.0 Å². The molecule has 1 saturated heterocycles. The highest BCUT2D eigenvalue weighted by Gasteiger charge is 2.35. The molecule has 5 rings (SSSR count). The molecule has 0 spiro atoms. The number of esters is 1. The second-order valence-corrected chi connectivity index (χ2v) is 10.0. The molecular formula is C27H31FN6O3S. The van der Waals surface area contributed by atoms with Crippen molar-refractivity contribution in [3.8, 4) is 11.3 Å². The molecule has 0 radical (unpaired) electrons. The molecule has 200 valence electrons. The molecule has 0 bridgehead atoms. The lowest BCUT2D eigenvalue weighted by Crippen LogP contribution is -2.51. The van der Waals surface area contributed by atoms with Crippen molar-refractivity contribution in [2.75, 3.05) is 44.7 Å². The van der Waals surface area contributed by atoms with Gasteiger partial charge < -0.3 is 24.8 Å². The molecule has 4 heterocycles. The minimum Gasteiger partial charge on any atom is -0.465 e. The number of benzene rings is 1. The maximum atomic E-state index is 13.4. The van der Waals surface area contributed by atoms with Gasteiger partial charge in [0.15, 0.2) is 5.13 Å². The van der Waals surface area contributed by atoms with Gasteiger partial charge in [-0.25, -0.2) is 9.37 Å². The summed E-state index contributed by atoms with van der Waals surface area (Å²) in [6.07, 6.45) is 6.75. The summed E-state index contributed by atoms with van der Waals surface area (Å²) in [6.45, 7) is 5.56. The van der Waals surface area contributed by atoms with Crippen LogP contribution in [0.25, 0.3) is 11.3 Å². The van der Waals surface area contributed by atoms with Crippen LogP contribution >= 0.6 is 11.3 Å². The van der Waals surface area contributed by atoms with Crippen LogP contribution in [0.4, 0.5) is 9.52 Å². The van der Waals surface area contributed by atoms with E-state index in [2.05, 4.69) is 28.1 Å². The van der Waals surface area contributed by atoms with Crippen molar-refractivity contribution in [2.45, 2.75) is 26.4 Å². The van der Waals surface area contributed by atoms with Crippen molar-refractivity contribution >= 4 is 28.3 Å². The van der Waals surface area contributed by atoms with Gasteiger partial charge in [-0.1, -0.05) is 6.92 Å². The number of thiazole rings is 1. The van der Waals surface area contributed by atoms with Gasteiger partial charge in [0, 0.05) is 37.3 Å². The van der Waals surface area contributed by atoms with Crippen LogP contribution in [-0.4, -0.2) is 77.6 Å². The van der Waals surface area contributed by atoms with E-state index in [-0.39, 0.29) is 36.9 Å². The first kappa shape index (κ1) is 25.9. The number of hydrogen-bond donors (Lipinski definition) is 1. The standard InChI is InChI=1S/C27H31FN6O3S/c1-4-21-26(31(3)27-30-22(17-38-27)18-6-8-19(28)9-7-18)34-14-20(10-11-23(34)29-21)33-13-12-32(15-24(33)35)16-25(36)37-5-2/h6-11,14,17,23,29H,4-5,12-13,15-16H2,1-3H3. The number of allylic oxidation sites excluding steroid dienone is 2. The van der Waals surface area contributed by atoms with Gasteiger partial charge in [0.2, 0.25) is 5.91 Å². The molecular weight excluding hydrogens is 507 g/mol. The van der Waals surface area contributed by atoms with Crippen LogP contribution in [0.2, 0.25) is 0 Å². The van der Waals surface area contributed by atoms with Crippen LogP contribution < -0.4 is 10.2 Å². The zero-order valence-corrected chi connectivity index (χ0v) is 22.5. The van der Waals surface area contributed by atoms with Crippen LogP contribution in [-0.2, 0) is 14.3 Å². The molecule has 1 aromatic carbocycles. The van der Waals surface area contributed by atoms with Gasteiger partial charge in [0.05, 0.1) is 36.8 Å². The Balaban J connectivity index is 1.34. The van der Waals surface area contributed by atoms with E-state index in [1.807, 2.05) is 29.6 Å². The molecule has 3 aliphatic rings. The van der Waals surface area contributed by atoms with Crippen LogP contribution in [0.1, 0.15) is 20.3 Å². The molecule has 1 N–H and O–H groups in total. The number of hydrogen-bond acceptors (Lipinski definition) is 9. The average molecular weight is 539 g/mol. The van der Waals surface area contributed by atoms with Crippen molar-refractivity contribution in [1.82, 2.24) is 25.0 Å². The summed E-state index contributed by atoms with van der Waals surface area (Å²) in [7, 11) is 1.98. The lowest BCUT2D eigenvalue weighted by molar-refractivity contribution is -0.146. The molecule has 1 atom stereocenters. The predicted molar refractivity (Wildman–Crippen MR) is 144 cm³/mol. The Labute approximate surface area is 225 Å². The number of aromatic nitrogens is 1. The normalized spacial score (nSPS) is 19.4. The maximum absolute atomic E-state index is 13.4. The summed E-state index contributed by atoms with van der Waals surface area (Å²) in [5.74, 6) is 0.321. The third-order valence-corrected chi connectivity index (χ3v) is 7.63. The molecule has 1 aromatic heterocycles. The van der Waals surface area contributed by atoms with Crippen LogP contribution in [0, 0.1) is 5.82 Å². The molecule has 3 aliphatic heterocycles. The molecule has 1 fully saturated rings. The lowest BCUT2D eigenvalue weighted by Gasteiger charge is -2.37. The number of nitrogens with one attached hydrogen (secondary N) is 1. The van der Waals surface area contributed by atoms with Gasteiger partial charge >= 0.3 is 5.97 Å². The number of nitrogens with zero attached hydrogens (tertiary/aromatic N) is 5. The van der Waals surface area contributed by atoms with Gasteiger partial charge in [-0.05, 0) is 49.8 Å². The van der Waals surface area contributed by atoms with Crippen molar-refractivity contribution in [3.05, 3.63) is 71.0 Å². The number of fused-ring (bicyclic) bond motifs is 1. The van der Waals surface area contributed by atoms with Crippen LogP contribution in [0.15, 0.2) is 65.2 Å². The van der Waals surface area contributed by atoms with Crippen molar-refractivity contribution in [3.63, 3.8) is 0 Å². The fourth-order valence-corrected chi connectivity index (χ4v) is 5.64. The van der Waals surface area contributed by atoms with Gasteiger partial charge in [0.25, 0.3) is 0 Å². The minimum atomic E-state index is -0.314. The molecule has 11 heteroatoms. The Hall–Kier alpha value is -3.70. The van der Waals surface area contributed by atoms with Crippen molar-refractivity contribution in [2.24, 2.45) is 0 Å². The van der Waals surface area contributed by atoms with E-state index >= 15 is 0 Å². The van der Waals surface area contributed by atoms with E-state index in [0.29, 0.717) is 19.7 Å². The Bertz CT molecular complexity index is 1300. The Morgan fingerprint density at radius 1 is 1.26 bits per heavy atom. The first-order chi connectivity index (χ1) is 18.4. The van der Waals surface area contributed by atoms with E-state index in [0.717, 1.165) is 40.0 Å². The number of carbonyl (C=O) groups excluding carboxylic acids is 2. The fourth-order valence-electron chi connectivity index (χ4n) is 4.83. The number of amides is 1. The highest BCUT2D eigenvalue weighted by atomic mass is 32.1. The van der Waals surface area contributed by atoms with Gasteiger partial charge in [-0.15, -0.1) is 11.3 Å². The topological polar surface area (TPSA) is 81.2 Å². The molecule has 0 aliphatic carbocycles. The van der Waals surface area contributed by atoms with Gasteiger partial charge in [-0.2, -0.15) is 0 Å². The van der Waals surface area contributed by atoms with E-state index < -0.39 is 0 Å². The largest absolute Gasteiger partial charge is 0.465 e.